The van der Waals surface area contributed by atoms with Crippen LogP contribution in [0.3, 0.4) is 0 Å². The molecule has 0 bridgehead atoms. The number of carbonyl (C=O) groups is 1. The lowest BCUT2D eigenvalue weighted by atomic mass is 10.0. The number of aromatic nitrogens is 3. The van der Waals surface area contributed by atoms with Crippen molar-refractivity contribution in [2.45, 2.75) is 20.6 Å². The lowest BCUT2D eigenvalue weighted by Gasteiger charge is -2.18. The standard InChI is InChI=1S/C32H40N5O7P/c1-8-42-45(39,43-9-2)44-22-37-21-29(23-12-13-33-30(18-23)41-7)28-17-25(20-34-32(28)37)24-15-26(19-27(16-24)40-6)36(5)31(38)11-10-14-35(3)4/h10-13,15-21H,8-9,14,22H2,1-7H3/b11-10+. The van der Waals surface area contributed by atoms with Crippen LogP contribution in [0.4, 0.5) is 5.69 Å². The summed E-state index contributed by atoms with van der Waals surface area (Å²) in [5.41, 5.74) is 4.51. The Morgan fingerprint density at radius 2 is 1.69 bits per heavy atom. The number of carbonyl (C=O) groups excluding carboxylic acids is 1. The van der Waals surface area contributed by atoms with Gasteiger partial charge in [0.25, 0.3) is 0 Å². The van der Waals surface area contributed by atoms with E-state index in [9.17, 15) is 9.36 Å². The number of anilines is 1. The van der Waals surface area contributed by atoms with E-state index < -0.39 is 7.82 Å². The maximum atomic E-state index is 13.0. The van der Waals surface area contributed by atoms with Crippen LogP contribution in [-0.4, -0.2) is 80.5 Å². The third-order valence-corrected chi connectivity index (χ3v) is 8.39. The van der Waals surface area contributed by atoms with Crippen molar-refractivity contribution in [3.05, 3.63) is 67.1 Å². The Kier molecular flexibility index (Phi) is 11.5. The SMILES string of the molecule is CCOP(=O)(OCC)OCn1cc(-c2ccnc(OC)c2)c2cc(-c3cc(OC)cc(N(C)C(=O)/C=C/CN(C)C)c3)cnc21. The molecule has 0 radical (unpaired) electrons. The van der Waals surface area contributed by atoms with Gasteiger partial charge in [-0.2, -0.15) is 0 Å². The molecule has 3 heterocycles. The number of amides is 1. The average Bonchev–Trinajstić information content (AvgIpc) is 3.41. The van der Waals surface area contributed by atoms with Gasteiger partial charge in [-0.3, -0.25) is 18.4 Å². The number of methoxy groups -OCH3 is 2. The van der Waals surface area contributed by atoms with Gasteiger partial charge in [0, 0.05) is 72.6 Å². The van der Waals surface area contributed by atoms with Crippen molar-refractivity contribution in [3.63, 3.8) is 0 Å². The van der Waals surface area contributed by atoms with E-state index in [1.54, 1.807) is 63.1 Å². The smallest absolute Gasteiger partial charge is 0.476 e. The van der Waals surface area contributed by atoms with Crippen LogP contribution in [-0.2, 0) is 29.7 Å². The summed E-state index contributed by atoms with van der Waals surface area (Å²) in [5, 5.41) is 0.799. The second-order valence-corrected chi connectivity index (χ2v) is 11.9. The second kappa shape index (κ2) is 15.3. The highest BCUT2D eigenvalue weighted by molar-refractivity contribution is 7.48. The summed E-state index contributed by atoms with van der Waals surface area (Å²) in [6.07, 6.45) is 8.64. The zero-order valence-corrected chi connectivity index (χ0v) is 27.6. The fourth-order valence-corrected chi connectivity index (χ4v) is 5.69. The van der Waals surface area contributed by atoms with Crippen LogP contribution in [0, 0.1) is 0 Å². The minimum atomic E-state index is -3.77. The lowest BCUT2D eigenvalue weighted by Crippen LogP contribution is -2.24. The molecule has 0 atom stereocenters. The Morgan fingerprint density at radius 1 is 0.933 bits per heavy atom. The van der Waals surface area contributed by atoms with Gasteiger partial charge >= 0.3 is 7.82 Å². The van der Waals surface area contributed by atoms with Gasteiger partial charge < -0.3 is 23.8 Å². The topological polar surface area (TPSA) is 117 Å². The van der Waals surface area contributed by atoms with E-state index in [1.807, 2.05) is 67.7 Å². The molecule has 13 heteroatoms. The number of ether oxygens (including phenoxy) is 2. The van der Waals surface area contributed by atoms with E-state index in [4.69, 9.17) is 28.0 Å². The minimum absolute atomic E-state index is 0.125. The molecule has 4 rings (SSSR count). The van der Waals surface area contributed by atoms with Gasteiger partial charge in [0.15, 0.2) is 0 Å². The number of hydrogen-bond acceptors (Lipinski definition) is 10. The summed E-state index contributed by atoms with van der Waals surface area (Å²) < 4.78 is 42.1. The van der Waals surface area contributed by atoms with Gasteiger partial charge in [-0.1, -0.05) is 6.08 Å². The quantitative estimate of drug-likeness (QED) is 0.113. The third kappa shape index (κ3) is 8.36. The van der Waals surface area contributed by atoms with Gasteiger partial charge in [-0.15, -0.1) is 0 Å². The van der Waals surface area contributed by atoms with Crippen LogP contribution in [0.25, 0.3) is 33.3 Å². The normalized spacial score (nSPS) is 11.9. The number of phosphoric acid groups is 1. The molecule has 0 N–H and O–H groups in total. The van der Waals surface area contributed by atoms with Crippen LogP contribution in [0.2, 0.25) is 0 Å². The van der Waals surface area contributed by atoms with E-state index in [-0.39, 0.29) is 25.9 Å². The average molecular weight is 638 g/mol. The van der Waals surface area contributed by atoms with Gasteiger partial charge in [0.2, 0.25) is 11.8 Å². The van der Waals surface area contributed by atoms with E-state index in [0.717, 1.165) is 27.6 Å². The van der Waals surface area contributed by atoms with Crippen LogP contribution < -0.4 is 14.4 Å². The summed E-state index contributed by atoms with van der Waals surface area (Å²) in [6.45, 7) is 4.31. The monoisotopic (exact) mass is 637 g/mol. The number of fused-ring (bicyclic) bond motifs is 1. The van der Waals surface area contributed by atoms with Crippen molar-refractivity contribution in [3.8, 4) is 33.9 Å². The molecule has 12 nitrogen and oxygen atoms in total. The summed E-state index contributed by atoms with van der Waals surface area (Å²) in [4.78, 5) is 25.5. The zero-order chi connectivity index (χ0) is 32.6. The first-order valence-electron chi connectivity index (χ1n) is 14.4. The molecule has 240 valence electrons. The first-order chi connectivity index (χ1) is 21.6. The van der Waals surface area contributed by atoms with Crippen molar-refractivity contribution in [1.29, 1.82) is 0 Å². The molecule has 3 aromatic heterocycles. The van der Waals surface area contributed by atoms with Gasteiger partial charge in [-0.25, -0.2) is 14.5 Å². The number of nitrogens with zero attached hydrogens (tertiary/aromatic N) is 5. The number of rotatable bonds is 15. The number of hydrogen-bond donors (Lipinski definition) is 0. The fourth-order valence-electron chi connectivity index (χ4n) is 4.57. The molecular formula is C32H40N5O7P. The predicted octanol–water partition coefficient (Wildman–Crippen LogP) is 6.02. The highest BCUT2D eigenvalue weighted by Crippen LogP contribution is 2.50. The maximum absolute atomic E-state index is 13.0. The van der Waals surface area contributed by atoms with Gasteiger partial charge in [0.1, 0.15) is 18.1 Å². The molecule has 0 aliphatic heterocycles. The Morgan fingerprint density at radius 3 is 2.36 bits per heavy atom. The summed E-state index contributed by atoms with van der Waals surface area (Å²) in [6, 6.07) is 11.3. The lowest BCUT2D eigenvalue weighted by molar-refractivity contribution is -0.113. The highest BCUT2D eigenvalue weighted by atomic mass is 31.2. The van der Waals surface area contributed by atoms with Gasteiger partial charge in [0.05, 0.1) is 27.4 Å². The molecule has 45 heavy (non-hydrogen) atoms. The van der Waals surface area contributed by atoms with E-state index in [0.29, 0.717) is 29.5 Å². The Balaban J connectivity index is 1.79. The molecule has 0 aliphatic carbocycles. The number of likely N-dealkylation sites (N-methyl/N-ethyl adjacent to an activating group) is 2. The Labute approximate surface area is 263 Å². The number of phosphoric ester groups is 1. The highest BCUT2D eigenvalue weighted by Gasteiger charge is 2.26. The summed E-state index contributed by atoms with van der Waals surface area (Å²) in [7, 11) is 4.97. The van der Waals surface area contributed by atoms with E-state index >= 15 is 0 Å². The Bertz CT molecular complexity index is 1690. The Hall–Kier alpha value is -4.06. The second-order valence-electron chi connectivity index (χ2n) is 10.2. The predicted molar refractivity (Wildman–Crippen MR) is 175 cm³/mol. The van der Waals surface area contributed by atoms with Crippen LogP contribution in [0.1, 0.15) is 13.8 Å². The van der Waals surface area contributed by atoms with Crippen molar-refractivity contribution >= 4 is 30.5 Å². The molecule has 4 aromatic rings. The van der Waals surface area contributed by atoms with Crippen LogP contribution in [0.15, 0.2) is 67.1 Å². The molecule has 1 amide bonds. The van der Waals surface area contributed by atoms with Gasteiger partial charge in [-0.05, 0) is 63.3 Å². The molecule has 0 saturated carbocycles. The minimum Gasteiger partial charge on any atom is -0.497 e. The molecule has 1 aromatic carbocycles. The van der Waals surface area contributed by atoms with Crippen molar-refractivity contribution < 1.29 is 32.4 Å². The van der Waals surface area contributed by atoms with Crippen LogP contribution >= 0.6 is 7.82 Å². The van der Waals surface area contributed by atoms with E-state index in [2.05, 4.69) is 4.98 Å². The molecule has 0 fully saturated rings. The molecule has 0 spiro atoms. The van der Waals surface area contributed by atoms with Crippen molar-refractivity contribution in [2.24, 2.45) is 0 Å². The van der Waals surface area contributed by atoms with Crippen molar-refractivity contribution in [2.75, 3.05) is 60.0 Å². The summed E-state index contributed by atoms with van der Waals surface area (Å²) >= 11 is 0. The maximum Gasteiger partial charge on any atom is 0.476 e. The molecule has 0 aliphatic rings. The summed E-state index contributed by atoms with van der Waals surface area (Å²) in [5.74, 6) is 0.884. The third-order valence-electron chi connectivity index (χ3n) is 6.81. The first kappa shape index (κ1) is 33.8. The zero-order valence-electron chi connectivity index (χ0n) is 26.7. The molecule has 0 saturated heterocycles. The molecule has 0 unspecified atom stereocenters. The van der Waals surface area contributed by atoms with Crippen LogP contribution in [0.5, 0.6) is 11.6 Å². The fraction of sp³-hybridized carbons (Fsp3) is 0.344. The van der Waals surface area contributed by atoms with E-state index in [1.165, 1.54) is 0 Å². The largest absolute Gasteiger partial charge is 0.497 e. The van der Waals surface area contributed by atoms with Crippen molar-refractivity contribution in [1.82, 2.24) is 19.4 Å². The number of pyridine rings is 2. The first-order valence-corrected chi connectivity index (χ1v) is 15.9. The number of benzene rings is 1. The molecular weight excluding hydrogens is 597 g/mol.